The molecule has 0 aliphatic rings. The van der Waals surface area contributed by atoms with Gasteiger partial charge in [-0.15, -0.1) is 0 Å². The summed E-state index contributed by atoms with van der Waals surface area (Å²) < 4.78 is 4.83. The van der Waals surface area contributed by atoms with E-state index < -0.39 is 0 Å². The Balaban J connectivity index is 0.000000336. The molecule has 0 spiro atoms. The van der Waals surface area contributed by atoms with E-state index in [2.05, 4.69) is 0 Å². The van der Waals surface area contributed by atoms with Crippen LogP contribution in [0.2, 0.25) is 0 Å². The smallest absolute Gasteiger partial charge is 0.0624 e. The van der Waals surface area contributed by atoms with Crippen molar-refractivity contribution in [2.45, 2.75) is 19.9 Å². The summed E-state index contributed by atoms with van der Waals surface area (Å²) in [6.45, 7) is 5.67. The Morgan fingerprint density at radius 2 is 1.73 bits per heavy atom. The van der Waals surface area contributed by atoms with Gasteiger partial charge in [0.1, 0.15) is 0 Å². The highest BCUT2D eigenvalue weighted by Crippen LogP contribution is 2.06. The van der Waals surface area contributed by atoms with Crippen LogP contribution in [0.25, 0.3) is 0 Å². The fourth-order valence-corrected chi connectivity index (χ4v) is 1.01. The van der Waals surface area contributed by atoms with Crippen LogP contribution in [0.4, 0.5) is 0 Å². The molecule has 0 aromatic heterocycles. The molecule has 1 atom stereocenters. The SMILES string of the molecule is CCOCC.NC(CO)c1ccccc1. The van der Waals surface area contributed by atoms with Crippen LogP contribution in [-0.2, 0) is 4.74 Å². The second kappa shape index (κ2) is 9.65. The van der Waals surface area contributed by atoms with E-state index in [0.717, 1.165) is 18.8 Å². The number of aliphatic hydroxyl groups is 1. The van der Waals surface area contributed by atoms with Crippen molar-refractivity contribution in [3.05, 3.63) is 35.9 Å². The molecule has 3 nitrogen and oxygen atoms in total. The van der Waals surface area contributed by atoms with Crippen LogP contribution in [-0.4, -0.2) is 24.9 Å². The van der Waals surface area contributed by atoms with Gasteiger partial charge < -0.3 is 15.6 Å². The number of hydrogen-bond acceptors (Lipinski definition) is 3. The quantitative estimate of drug-likeness (QED) is 0.797. The zero-order chi connectivity index (χ0) is 11.5. The molecule has 0 saturated heterocycles. The van der Waals surface area contributed by atoms with Crippen LogP contribution >= 0.6 is 0 Å². The fourth-order valence-electron chi connectivity index (χ4n) is 1.01. The number of nitrogens with two attached hydrogens (primary N) is 1. The number of ether oxygens (including phenoxy) is 1. The Kier molecular flexibility index (Phi) is 9.07. The maximum Gasteiger partial charge on any atom is 0.0624 e. The van der Waals surface area contributed by atoms with Crippen molar-refractivity contribution in [1.29, 1.82) is 0 Å². The molecule has 3 heteroatoms. The molecule has 0 aliphatic carbocycles. The Bertz CT molecular complexity index is 224. The van der Waals surface area contributed by atoms with Gasteiger partial charge in [-0.2, -0.15) is 0 Å². The van der Waals surface area contributed by atoms with Gasteiger partial charge in [0.05, 0.1) is 12.6 Å². The molecule has 0 aliphatic heterocycles. The van der Waals surface area contributed by atoms with Crippen molar-refractivity contribution in [1.82, 2.24) is 0 Å². The van der Waals surface area contributed by atoms with Crippen LogP contribution in [0.1, 0.15) is 25.5 Å². The summed E-state index contributed by atoms with van der Waals surface area (Å²) in [6.07, 6.45) is 0. The number of aliphatic hydroxyl groups excluding tert-OH is 1. The second-order valence-electron chi connectivity index (χ2n) is 2.98. The zero-order valence-electron chi connectivity index (χ0n) is 9.52. The van der Waals surface area contributed by atoms with Gasteiger partial charge in [0, 0.05) is 13.2 Å². The largest absolute Gasteiger partial charge is 0.394 e. The third kappa shape index (κ3) is 7.08. The van der Waals surface area contributed by atoms with Gasteiger partial charge in [-0.25, -0.2) is 0 Å². The third-order valence-electron chi connectivity index (χ3n) is 1.83. The highest BCUT2D eigenvalue weighted by Gasteiger charge is 2.00. The average molecular weight is 211 g/mol. The van der Waals surface area contributed by atoms with E-state index >= 15 is 0 Å². The van der Waals surface area contributed by atoms with Crippen molar-refractivity contribution < 1.29 is 9.84 Å². The maximum atomic E-state index is 8.66. The second-order valence-corrected chi connectivity index (χ2v) is 2.98. The summed E-state index contributed by atoms with van der Waals surface area (Å²) in [6, 6.07) is 9.31. The van der Waals surface area contributed by atoms with Gasteiger partial charge in [-0.05, 0) is 19.4 Å². The number of hydrogen-bond donors (Lipinski definition) is 2. The lowest BCUT2D eigenvalue weighted by Gasteiger charge is -2.06. The van der Waals surface area contributed by atoms with Crippen molar-refractivity contribution in [3.8, 4) is 0 Å². The van der Waals surface area contributed by atoms with Gasteiger partial charge in [0.2, 0.25) is 0 Å². The van der Waals surface area contributed by atoms with Gasteiger partial charge in [0.15, 0.2) is 0 Å². The third-order valence-corrected chi connectivity index (χ3v) is 1.83. The van der Waals surface area contributed by atoms with Crippen LogP contribution < -0.4 is 5.73 Å². The van der Waals surface area contributed by atoms with E-state index in [0.29, 0.717) is 0 Å². The van der Waals surface area contributed by atoms with Gasteiger partial charge in [-0.1, -0.05) is 30.3 Å². The predicted octanol–water partition coefficient (Wildman–Crippen LogP) is 1.72. The lowest BCUT2D eigenvalue weighted by Crippen LogP contribution is -2.13. The fraction of sp³-hybridized carbons (Fsp3) is 0.500. The van der Waals surface area contributed by atoms with Crippen LogP contribution in [0, 0.1) is 0 Å². The van der Waals surface area contributed by atoms with E-state index in [4.69, 9.17) is 15.6 Å². The van der Waals surface area contributed by atoms with Gasteiger partial charge >= 0.3 is 0 Å². The summed E-state index contributed by atoms with van der Waals surface area (Å²) in [4.78, 5) is 0. The van der Waals surface area contributed by atoms with E-state index in [-0.39, 0.29) is 12.6 Å². The molecule has 0 saturated carbocycles. The summed E-state index contributed by atoms with van der Waals surface area (Å²) in [5.41, 5.74) is 6.52. The van der Waals surface area contributed by atoms with E-state index in [1.807, 2.05) is 44.2 Å². The number of rotatable bonds is 4. The lowest BCUT2D eigenvalue weighted by atomic mass is 10.1. The summed E-state index contributed by atoms with van der Waals surface area (Å²) in [5.74, 6) is 0. The van der Waals surface area contributed by atoms with Crippen molar-refractivity contribution >= 4 is 0 Å². The van der Waals surface area contributed by atoms with Crippen LogP contribution in [0.15, 0.2) is 30.3 Å². The Labute approximate surface area is 91.9 Å². The first kappa shape index (κ1) is 14.1. The molecule has 0 bridgehead atoms. The minimum atomic E-state index is -0.235. The Morgan fingerprint density at radius 1 is 1.20 bits per heavy atom. The molecule has 1 rings (SSSR count). The predicted molar refractivity (Wildman–Crippen MR) is 62.6 cm³/mol. The van der Waals surface area contributed by atoms with E-state index in [1.54, 1.807) is 0 Å². The van der Waals surface area contributed by atoms with Crippen molar-refractivity contribution in [3.63, 3.8) is 0 Å². The summed E-state index contributed by atoms with van der Waals surface area (Å²) in [5, 5.41) is 8.66. The van der Waals surface area contributed by atoms with Crippen molar-refractivity contribution in [2.75, 3.05) is 19.8 Å². The summed E-state index contributed by atoms with van der Waals surface area (Å²) >= 11 is 0. The molecule has 0 heterocycles. The first-order chi connectivity index (χ1) is 7.26. The molecule has 1 unspecified atom stereocenters. The molecule has 3 N–H and O–H groups in total. The zero-order valence-corrected chi connectivity index (χ0v) is 9.52. The Morgan fingerprint density at radius 3 is 2.07 bits per heavy atom. The normalized spacial score (nSPS) is 11.5. The number of benzene rings is 1. The Hall–Kier alpha value is -0.900. The molecule has 0 amide bonds. The van der Waals surface area contributed by atoms with Crippen LogP contribution in [0.3, 0.4) is 0 Å². The minimum Gasteiger partial charge on any atom is -0.394 e. The molecular formula is C12H21NO2. The summed E-state index contributed by atoms with van der Waals surface area (Å²) in [7, 11) is 0. The average Bonchev–Trinajstić information content (AvgIpc) is 2.31. The van der Waals surface area contributed by atoms with Crippen molar-refractivity contribution in [2.24, 2.45) is 5.73 Å². The minimum absolute atomic E-state index is 0.00398. The van der Waals surface area contributed by atoms with E-state index in [9.17, 15) is 0 Å². The molecular weight excluding hydrogens is 190 g/mol. The van der Waals surface area contributed by atoms with Gasteiger partial charge in [0.25, 0.3) is 0 Å². The van der Waals surface area contributed by atoms with E-state index in [1.165, 1.54) is 0 Å². The highest BCUT2D eigenvalue weighted by molar-refractivity contribution is 5.18. The van der Waals surface area contributed by atoms with Crippen LogP contribution in [0.5, 0.6) is 0 Å². The topological polar surface area (TPSA) is 55.5 Å². The van der Waals surface area contributed by atoms with Gasteiger partial charge in [-0.3, -0.25) is 0 Å². The highest BCUT2D eigenvalue weighted by atomic mass is 16.5. The first-order valence-corrected chi connectivity index (χ1v) is 5.25. The first-order valence-electron chi connectivity index (χ1n) is 5.25. The standard InChI is InChI=1S/C8H11NO.C4H10O/c9-8(6-10)7-4-2-1-3-5-7;1-3-5-4-2/h1-5,8,10H,6,9H2;3-4H2,1-2H3. The lowest BCUT2D eigenvalue weighted by molar-refractivity contribution is 0.162. The molecule has 15 heavy (non-hydrogen) atoms. The molecule has 1 aromatic rings. The molecule has 0 fully saturated rings. The molecule has 1 aromatic carbocycles. The maximum absolute atomic E-state index is 8.66. The monoisotopic (exact) mass is 211 g/mol. The molecule has 86 valence electrons. The molecule has 0 radical (unpaired) electrons.